The molecule has 0 saturated carbocycles. The van der Waals surface area contributed by atoms with Crippen molar-refractivity contribution in [2.45, 2.75) is 53.8 Å². The zero-order valence-electron chi connectivity index (χ0n) is 15.9. The Morgan fingerprint density at radius 1 is 0.923 bits per heavy atom. The first-order valence-corrected chi connectivity index (χ1v) is 9.02. The van der Waals surface area contributed by atoms with Crippen LogP contribution in [0.15, 0.2) is 18.2 Å². The van der Waals surface area contributed by atoms with Gasteiger partial charge in [0, 0.05) is 15.8 Å². The van der Waals surface area contributed by atoms with Gasteiger partial charge in [0.05, 0.1) is 18.1 Å². The minimum atomic E-state index is -0.416. The molecule has 0 spiro atoms. The van der Waals surface area contributed by atoms with E-state index in [-0.39, 0.29) is 41.1 Å². The molecule has 6 heteroatoms. The highest BCUT2D eigenvalue weighted by atomic mass is 35.5. The van der Waals surface area contributed by atoms with E-state index in [1.54, 1.807) is 32.0 Å². The fourth-order valence-electron chi connectivity index (χ4n) is 2.37. The highest BCUT2D eigenvalue weighted by Gasteiger charge is 2.27. The number of ether oxygens (including phenoxy) is 3. The molecule has 0 radical (unpaired) electrons. The predicted octanol–water partition coefficient (Wildman–Crippen LogP) is 5.33. The van der Waals surface area contributed by atoms with E-state index in [4.69, 9.17) is 25.8 Å². The lowest BCUT2D eigenvalue weighted by atomic mass is 10.1. The van der Waals surface area contributed by atoms with Gasteiger partial charge < -0.3 is 19.3 Å². The van der Waals surface area contributed by atoms with Crippen molar-refractivity contribution in [3.8, 4) is 23.0 Å². The largest absolute Gasteiger partial charge is 0.504 e. The number of phenolic OH excluding ortho intramolecular Hbond substituents is 1. The maximum Gasteiger partial charge on any atom is 0.313 e. The van der Waals surface area contributed by atoms with Crippen LogP contribution < -0.4 is 14.2 Å². The number of phenols is 1. The number of hydrogen-bond acceptors (Lipinski definition) is 5. The van der Waals surface area contributed by atoms with Crippen LogP contribution in [-0.2, 0) is 4.79 Å². The first-order valence-electron chi connectivity index (χ1n) is 8.65. The van der Waals surface area contributed by atoms with Crippen molar-refractivity contribution in [3.63, 3.8) is 0 Å². The van der Waals surface area contributed by atoms with Crippen molar-refractivity contribution in [2.75, 3.05) is 0 Å². The van der Waals surface area contributed by atoms with Gasteiger partial charge >= 0.3 is 5.97 Å². The van der Waals surface area contributed by atoms with Crippen molar-refractivity contribution < 1.29 is 24.1 Å². The van der Waals surface area contributed by atoms with Crippen LogP contribution in [0.5, 0.6) is 23.0 Å². The van der Waals surface area contributed by atoms with Gasteiger partial charge in [0.25, 0.3) is 0 Å². The second kappa shape index (κ2) is 8.04. The molecule has 0 aliphatic carbocycles. The van der Waals surface area contributed by atoms with Crippen LogP contribution in [-0.4, -0.2) is 23.3 Å². The van der Waals surface area contributed by atoms with Gasteiger partial charge in [-0.15, -0.1) is 0 Å². The van der Waals surface area contributed by atoms with E-state index in [1.165, 1.54) is 0 Å². The number of rotatable bonds is 6. The molecule has 1 N–H and O–H groups in total. The average molecular weight is 381 g/mol. The highest BCUT2D eigenvalue weighted by Crippen LogP contribution is 2.52. The summed E-state index contributed by atoms with van der Waals surface area (Å²) in [4.78, 5) is 12.3. The monoisotopic (exact) mass is 380 g/mol. The fourth-order valence-corrected chi connectivity index (χ4v) is 2.55. The van der Waals surface area contributed by atoms with Crippen LogP contribution in [0.25, 0.3) is 10.8 Å². The van der Waals surface area contributed by atoms with Gasteiger partial charge in [0.2, 0.25) is 11.5 Å². The molecule has 0 saturated heterocycles. The van der Waals surface area contributed by atoms with Gasteiger partial charge in [-0.2, -0.15) is 0 Å². The number of hydrogen-bond donors (Lipinski definition) is 1. The summed E-state index contributed by atoms with van der Waals surface area (Å²) >= 11 is 6.13. The topological polar surface area (TPSA) is 65.0 Å². The van der Waals surface area contributed by atoms with E-state index in [0.29, 0.717) is 15.8 Å². The zero-order chi connectivity index (χ0) is 19.6. The van der Waals surface area contributed by atoms with Crippen LogP contribution in [0, 0.1) is 5.92 Å². The van der Waals surface area contributed by atoms with Crippen molar-refractivity contribution in [3.05, 3.63) is 23.2 Å². The summed E-state index contributed by atoms with van der Waals surface area (Å²) in [5.41, 5.74) is 0. The molecule has 2 rings (SSSR count). The molecule has 0 atom stereocenters. The fraction of sp³-hybridized carbons (Fsp3) is 0.450. The van der Waals surface area contributed by atoms with Crippen LogP contribution >= 0.6 is 11.6 Å². The summed E-state index contributed by atoms with van der Waals surface area (Å²) < 4.78 is 17.3. The molecular formula is C20H25ClO5. The summed E-state index contributed by atoms with van der Waals surface area (Å²) in [5.74, 6) is -0.292. The molecule has 0 bridgehead atoms. The lowest BCUT2D eigenvalue weighted by Crippen LogP contribution is -2.17. The minimum absolute atomic E-state index is 0.0784. The summed E-state index contributed by atoms with van der Waals surface area (Å²) in [6, 6.07) is 4.94. The Morgan fingerprint density at radius 3 is 2.04 bits per heavy atom. The molecule has 0 aliphatic rings. The molecule has 0 unspecified atom stereocenters. The third kappa shape index (κ3) is 4.33. The van der Waals surface area contributed by atoms with Crippen molar-refractivity contribution in [2.24, 2.45) is 5.92 Å². The van der Waals surface area contributed by atoms with Gasteiger partial charge in [-0.05, 0) is 45.9 Å². The first-order chi connectivity index (χ1) is 12.1. The Kier molecular flexibility index (Phi) is 6.24. The predicted molar refractivity (Wildman–Crippen MR) is 103 cm³/mol. The Hall–Kier alpha value is -2.14. The van der Waals surface area contributed by atoms with Gasteiger partial charge in [0.15, 0.2) is 11.5 Å². The molecule has 5 nitrogen and oxygen atoms in total. The van der Waals surface area contributed by atoms with Crippen LogP contribution in [0.2, 0.25) is 5.02 Å². The molecular weight excluding hydrogens is 356 g/mol. The van der Waals surface area contributed by atoms with E-state index in [1.807, 2.05) is 27.7 Å². The van der Waals surface area contributed by atoms with E-state index in [2.05, 4.69) is 0 Å². The SMILES string of the molecule is CC(C)Oc1c(OC(C)C)c(OC(=O)C(C)C)c2cc(Cl)ccc2c1O. The van der Waals surface area contributed by atoms with Crippen LogP contribution in [0.1, 0.15) is 41.5 Å². The summed E-state index contributed by atoms with van der Waals surface area (Å²) in [5, 5.41) is 12.2. The third-order valence-corrected chi connectivity index (χ3v) is 3.73. The number of benzene rings is 2. The standard InChI is InChI=1S/C20H25ClO5/c1-10(2)20(23)26-17-15-9-13(21)7-8-14(15)16(22)18(24-11(3)4)19(17)25-12(5)6/h7-12,22H,1-6H3. The van der Waals surface area contributed by atoms with Gasteiger partial charge in [-0.3, -0.25) is 4.79 Å². The number of carbonyl (C=O) groups is 1. The van der Waals surface area contributed by atoms with Gasteiger partial charge in [0.1, 0.15) is 0 Å². The molecule has 0 aromatic heterocycles. The van der Waals surface area contributed by atoms with Crippen LogP contribution in [0.4, 0.5) is 0 Å². The number of aromatic hydroxyl groups is 1. The second-order valence-electron chi connectivity index (χ2n) is 6.93. The third-order valence-electron chi connectivity index (χ3n) is 3.49. The molecule has 0 fully saturated rings. The molecule has 0 aliphatic heterocycles. The summed E-state index contributed by atoms with van der Waals surface area (Å²) in [6.07, 6.45) is -0.439. The quantitative estimate of drug-likeness (QED) is 0.541. The Labute approximate surface area is 158 Å². The van der Waals surface area contributed by atoms with Crippen molar-refractivity contribution in [1.82, 2.24) is 0 Å². The molecule has 0 amide bonds. The molecule has 2 aromatic carbocycles. The smallest absolute Gasteiger partial charge is 0.313 e. The number of halogens is 1. The summed E-state index contributed by atoms with van der Waals surface area (Å²) in [6.45, 7) is 10.8. The normalized spacial score (nSPS) is 11.5. The van der Waals surface area contributed by atoms with Crippen LogP contribution in [0.3, 0.4) is 0 Å². The maximum atomic E-state index is 12.3. The van der Waals surface area contributed by atoms with E-state index < -0.39 is 5.97 Å². The van der Waals surface area contributed by atoms with Crippen molar-refractivity contribution in [1.29, 1.82) is 0 Å². The molecule has 142 valence electrons. The van der Waals surface area contributed by atoms with E-state index >= 15 is 0 Å². The Morgan fingerprint density at radius 2 is 1.50 bits per heavy atom. The average Bonchev–Trinajstić information content (AvgIpc) is 2.53. The number of esters is 1. The molecule has 0 heterocycles. The Bertz CT molecular complexity index is 812. The number of fused-ring (bicyclic) bond motifs is 1. The number of carbonyl (C=O) groups excluding carboxylic acids is 1. The molecule has 26 heavy (non-hydrogen) atoms. The second-order valence-corrected chi connectivity index (χ2v) is 7.37. The lowest BCUT2D eigenvalue weighted by molar-refractivity contribution is -0.137. The van der Waals surface area contributed by atoms with Gasteiger partial charge in [-0.1, -0.05) is 25.4 Å². The molecule has 2 aromatic rings. The Balaban J connectivity index is 2.84. The van der Waals surface area contributed by atoms with E-state index in [9.17, 15) is 9.90 Å². The van der Waals surface area contributed by atoms with Gasteiger partial charge in [-0.25, -0.2) is 0 Å². The lowest BCUT2D eigenvalue weighted by Gasteiger charge is -2.23. The zero-order valence-corrected chi connectivity index (χ0v) is 16.7. The maximum absolute atomic E-state index is 12.3. The first kappa shape index (κ1) is 20.2. The highest BCUT2D eigenvalue weighted by molar-refractivity contribution is 6.31. The van der Waals surface area contributed by atoms with E-state index in [0.717, 1.165) is 0 Å². The summed E-state index contributed by atoms with van der Waals surface area (Å²) in [7, 11) is 0. The van der Waals surface area contributed by atoms with Crippen molar-refractivity contribution >= 4 is 28.3 Å². The minimum Gasteiger partial charge on any atom is -0.504 e.